The number of rotatable bonds is 3. The fraction of sp³-hybridized carbons (Fsp3) is 0. The number of benzene rings is 6. The highest BCUT2D eigenvalue weighted by molar-refractivity contribution is 6.16. The van der Waals surface area contributed by atoms with Crippen molar-refractivity contribution in [1.29, 1.82) is 0 Å². The van der Waals surface area contributed by atoms with E-state index in [0.29, 0.717) is 5.82 Å². The van der Waals surface area contributed by atoms with Gasteiger partial charge in [0.1, 0.15) is 11.1 Å². The third-order valence-corrected chi connectivity index (χ3v) is 8.20. The number of hydrogen-bond acceptors (Lipinski definition) is 3. The first-order chi connectivity index (χ1) is 20.8. The van der Waals surface area contributed by atoms with Crippen LogP contribution in [0.1, 0.15) is 0 Å². The predicted molar refractivity (Wildman–Crippen MR) is 172 cm³/mol. The van der Waals surface area contributed by atoms with Crippen molar-refractivity contribution in [3.8, 4) is 28.3 Å². The summed E-state index contributed by atoms with van der Waals surface area (Å²) in [5.41, 5.74) is 8.82. The molecule has 0 bridgehead atoms. The number of aromatic nitrogens is 3. The molecule has 0 amide bonds. The van der Waals surface area contributed by atoms with Gasteiger partial charge in [-0.25, -0.2) is 9.97 Å². The summed E-state index contributed by atoms with van der Waals surface area (Å²) >= 11 is 0. The van der Waals surface area contributed by atoms with E-state index in [2.05, 4.69) is 108 Å². The summed E-state index contributed by atoms with van der Waals surface area (Å²) in [4.78, 5) is 10.4. The third kappa shape index (κ3) is 3.36. The molecule has 0 aliphatic heterocycles. The molecule has 4 nitrogen and oxygen atoms in total. The molecular formula is C38H23N3O. The largest absolute Gasteiger partial charge is 0.454 e. The highest BCUT2D eigenvalue weighted by atomic mass is 16.3. The Morgan fingerprint density at radius 2 is 1.17 bits per heavy atom. The summed E-state index contributed by atoms with van der Waals surface area (Å²) in [6.45, 7) is 0. The van der Waals surface area contributed by atoms with Crippen LogP contribution < -0.4 is 0 Å². The molecule has 0 saturated heterocycles. The molecule has 3 heterocycles. The third-order valence-electron chi connectivity index (χ3n) is 8.20. The molecule has 0 unspecified atom stereocenters. The summed E-state index contributed by atoms with van der Waals surface area (Å²) in [5.74, 6) is 0.674. The van der Waals surface area contributed by atoms with Crippen molar-refractivity contribution < 1.29 is 4.42 Å². The van der Waals surface area contributed by atoms with E-state index in [-0.39, 0.29) is 0 Å². The van der Waals surface area contributed by atoms with Gasteiger partial charge >= 0.3 is 0 Å². The zero-order chi connectivity index (χ0) is 27.6. The van der Waals surface area contributed by atoms with Crippen LogP contribution >= 0.6 is 0 Å². The minimum absolute atomic E-state index is 0.674. The Labute approximate surface area is 241 Å². The molecule has 0 aliphatic carbocycles. The molecule has 6 aromatic carbocycles. The van der Waals surface area contributed by atoms with E-state index in [0.717, 1.165) is 60.9 Å². The van der Waals surface area contributed by atoms with Crippen molar-refractivity contribution in [2.45, 2.75) is 0 Å². The predicted octanol–water partition coefficient (Wildman–Crippen LogP) is 9.96. The molecule has 0 atom stereocenters. The minimum atomic E-state index is 0.674. The van der Waals surface area contributed by atoms with Crippen LogP contribution in [0.2, 0.25) is 0 Å². The van der Waals surface area contributed by atoms with Crippen LogP contribution in [0.3, 0.4) is 0 Å². The minimum Gasteiger partial charge on any atom is -0.454 e. The van der Waals surface area contributed by atoms with Crippen molar-refractivity contribution in [2.24, 2.45) is 0 Å². The lowest BCUT2D eigenvalue weighted by Gasteiger charge is -2.11. The molecule has 0 saturated carbocycles. The Bertz CT molecular complexity index is 2460. The number of nitrogens with zero attached hydrogens (tertiary/aromatic N) is 3. The standard InChI is InChI=1S/C38H23N3O/c1-3-11-24(12-4-1)35-30-21-20-29-28-16-8-10-18-34(28)42-37(29)36(30)40-38(39-35)25-19-22-33-31(23-25)27-15-7-9-17-32(27)41(33)26-13-5-2-6-14-26/h1-23H. The normalized spacial score (nSPS) is 11.8. The van der Waals surface area contributed by atoms with E-state index >= 15 is 0 Å². The lowest BCUT2D eigenvalue weighted by atomic mass is 10.0. The first kappa shape index (κ1) is 23.0. The Morgan fingerprint density at radius 1 is 0.476 bits per heavy atom. The monoisotopic (exact) mass is 537 g/mol. The number of furan rings is 1. The fourth-order valence-corrected chi connectivity index (χ4v) is 6.29. The molecule has 3 aromatic heterocycles. The maximum absolute atomic E-state index is 6.43. The van der Waals surface area contributed by atoms with Crippen LogP contribution in [0.5, 0.6) is 0 Å². The van der Waals surface area contributed by atoms with Gasteiger partial charge in [0.2, 0.25) is 0 Å². The number of hydrogen-bond donors (Lipinski definition) is 0. The molecule has 9 aromatic rings. The van der Waals surface area contributed by atoms with Gasteiger partial charge in [-0.2, -0.15) is 0 Å². The Hall–Kier alpha value is -5.74. The van der Waals surface area contributed by atoms with E-state index in [1.165, 1.54) is 16.3 Å². The van der Waals surface area contributed by atoms with Crippen molar-refractivity contribution in [1.82, 2.24) is 14.5 Å². The molecule has 0 spiro atoms. The van der Waals surface area contributed by atoms with Gasteiger partial charge in [0, 0.05) is 43.7 Å². The fourth-order valence-electron chi connectivity index (χ4n) is 6.29. The molecule has 196 valence electrons. The van der Waals surface area contributed by atoms with Gasteiger partial charge in [-0.05, 0) is 54.6 Å². The van der Waals surface area contributed by atoms with Crippen LogP contribution in [-0.4, -0.2) is 14.5 Å². The summed E-state index contributed by atoms with van der Waals surface area (Å²) in [7, 11) is 0. The number of fused-ring (bicyclic) bond motifs is 8. The van der Waals surface area contributed by atoms with Crippen molar-refractivity contribution in [3.63, 3.8) is 0 Å². The van der Waals surface area contributed by atoms with Crippen molar-refractivity contribution >= 4 is 54.6 Å². The van der Waals surface area contributed by atoms with Gasteiger partial charge < -0.3 is 8.98 Å². The van der Waals surface area contributed by atoms with Crippen molar-refractivity contribution in [3.05, 3.63) is 140 Å². The summed E-state index contributed by atoms with van der Waals surface area (Å²) in [6, 6.07) is 48.4. The highest BCUT2D eigenvalue weighted by Crippen LogP contribution is 2.39. The molecule has 42 heavy (non-hydrogen) atoms. The second-order valence-electron chi connectivity index (χ2n) is 10.6. The topological polar surface area (TPSA) is 43.9 Å². The lowest BCUT2D eigenvalue weighted by molar-refractivity contribution is 0.671. The lowest BCUT2D eigenvalue weighted by Crippen LogP contribution is -1.96. The second-order valence-corrected chi connectivity index (χ2v) is 10.6. The summed E-state index contributed by atoms with van der Waals surface area (Å²) in [6.07, 6.45) is 0. The quantitative estimate of drug-likeness (QED) is 0.225. The molecule has 0 N–H and O–H groups in total. The van der Waals surface area contributed by atoms with Gasteiger partial charge in [0.05, 0.1) is 16.7 Å². The molecular weight excluding hydrogens is 514 g/mol. The first-order valence-corrected chi connectivity index (χ1v) is 14.1. The maximum Gasteiger partial charge on any atom is 0.161 e. The van der Waals surface area contributed by atoms with E-state index in [1.54, 1.807) is 0 Å². The zero-order valence-electron chi connectivity index (χ0n) is 22.5. The van der Waals surface area contributed by atoms with Crippen LogP contribution in [0, 0.1) is 0 Å². The summed E-state index contributed by atoms with van der Waals surface area (Å²) < 4.78 is 8.76. The van der Waals surface area contributed by atoms with Crippen molar-refractivity contribution in [2.75, 3.05) is 0 Å². The molecule has 9 rings (SSSR count). The van der Waals surface area contributed by atoms with Gasteiger partial charge in [-0.15, -0.1) is 0 Å². The average molecular weight is 538 g/mol. The summed E-state index contributed by atoms with van der Waals surface area (Å²) in [5, 5.41) is 5.48. The smallest absolute Gasteiger partial charge is 0.161 e. The van der Waals surface area contributed by atoms with Gasteiger partial charge in [-0.3, -0.25) is 0 Å². The van der Waals surface area contributed by atoms with Gasteiger partial charge in [0.15, 0.2) is 11.4 Å². The van der Waals surface area contributed by atoms with E-state index in [1.807, 2.05) is 36.4 Å². The first-order valence-electron chi connectivity index (χ1n) is 14.1. The molecule has 0 fully saturated rings. The van der Waals surface area contributed by atoms with E-state index in [4.69, 9.17) is 14.4 Å². The Balaban J connectivity index is 1.35. The second kappa shape index (κ2) is 8.88. The highest BCUT2D eigenvalue weighted by Gasteiger charge is 2.19. The Morgan fingerprint density at radius 3 is 2.02 bits per heavy atom. The maximum atomic E-state index is 6.43. The molecule has 4 heteroatoms. The SMILES string of the molecule is c1ccc(-c2nc(-c3ccc4c(c3)c3ccccc3n4-c3ccccc3)nc3c2ccc2c4ccccc4oc23)cc1. The molecule has 0 aliphatic rings. The molecule has 0 radical (unpaired) electrons. The van der Waals surface area contributed by atoms with E-state index in [9.17, 15) is 0 Å². The van der Waals surface area contributed by atoms with Gasteiger partial charge in [0.25, 0.3) is 0 Å². The zero-order valence-corrected chi connectivity index (χ0v) is 22.5. The van der Waals surface area contributed by atoms with Crippen LogP contribution in [0.15, 0.2) is 144 Å². The van der Waals surface area contributed by atoms with E-state index < -0.39 is 0 Å². The van der Waals surface area contributed by atoms with Crippen LogP contribution in [0.25, 0.3) is 83.0 Å². The number of para-hydroxylation sites is 3. The average Bonchev–Trinajstić information content (AvgIpc) is 3.61. The Kier molecular flexibility index (Phi) is 4.87. The van der Waals surface area contributed by atoms with Crippen LogP contribution in [-0.2, 0) is 0 Å². The van der Waals surface area contributed by atoms with Gasteiger partial charge in [-0.1, -0.05) is 84.9 Å². The van der Waals surface area contributed by atoms with Crippen LogP contribution in [0.4, 0.5) is 0 Å².